The number of ketones is 1. The molecule has 6 nitrogen and oxygen atoms in total. The summed E-state index contributed by atoms with van der Waals surface area (Å²) in [5.41, 5.74) is 1.80. The molecule has 8 heteroatoms. The minimum Gasteiger partial charge on any atom is -0.392 e. The SMILES string of the molecule is CCCN(CCC)C(=O)c1cc(C)cc(C(=O)C[C@@H](Cc2cc(F)cc(F)c2)[C@H](O)[C@@H]2CCCNC2=O)c1. The maximum atomic E-state index is 13.9. The Balaban J connectivity index is 1.89. The van der Waals surface area contributed by atoms with E-state index in [0.29, 0.717) is 49.2 Å². The Kier molecular flexibility index (Phi) is 10.5. The highest BCUT2D eigenvalue weighted by atomic mass is 19.1. The Bertz CT molecular complexity index is 1130. The molecule has 0 spiro atoms. The minimum absolute atomic E-state index is 0.0176. The van der Waals surface area contributed by atoms with Crippen LogP contribution in [0.25, 0.3) is 0 Å². The van der Waals surface area contributed by atoms with Crippen molar-refractivity contribution in [3.63, 3.8) is 0 Å². The third kappa shape index (κ3) is 7.69. The first-order valence-corrected chi connectivity index (χ1v) is 13.5. The topological polar surface area (TPSA) is 86.7 Å². The van der Waals surface area contributed by atoms with Crippen molar-refractivity contribution in [3.8, 4) is 0 Å². The zero-order valence-electron chi connectivity index (χ0n) is 22.4. The number of aliphatic hydroxyl groups excluding tert-OH is 1. The van der Waals surface area contributed by atoms with Gasteiger partial charge in [-0.05, 0) is 86.4 Å². The van der Waals surface area contributed by atoms with Crippen LogP contribution in [0.5, 0.6) is 0 Å². The molecular formula is C30H38F2N2O4. The van der Waals surface area contributed by atoms with E-state index in [2.05, 4.69) is 5.32 Å². The fourth-order valence-electron chi connectivity index (χ4n) is 5.26. The summed E-state index contributed by atoms with van der Waals surface area (Å²) in [4.78, 5) is 40.9. The molecule has 1 aliphatic heterocycles. The van der Waals surface area contributed by atoms with Gasteiger partial charge < -0.3 is 15.3 Å². The molecular weight excluding hydrogens is 490 g/mol. The van der Waals surface area contributed by atoms with Gasteiger partial charge in [0, 0.05) is 43.2 Å². The number of aryl methyl sites for hydroxylation is 1. The second-order valence-corrected chi connectivity index (χ2v) is 10.3. The number of amides is 2. The van der Waals surface area contributed by atoms with Gasteiger partial charge in [-0.3, -0.25) is 14.4 Å². The maximum Gasteiger partial charge on any atom is 0.253 e. The number of Topliss-reactive ketones (excluding diaryl/α,β-unsaturated/α-hetero) is 1. The number of piperidine rings is 1. The molecule has 1 fully saturated rings. The van der Waals surface area contributed by atoms with E-state index < -0.39 is 29.6 Å². The highest BCUT2D eigenvalue weighted by Gasteiger charge is 2.35. The molecule has 2 N–H and O–H groups in total. The van der Waals surface area contributed by atoms with Crippen molar-refractivity contribution < 1.29 is 28.3 Å². The first-order valence-electron chi connectivity index (χ1n) is 13.5. The lowest BCUT2D eigenvalue weighted by Crippen LogP contribution is -2.45. The van der Waals surface area contributed by atoms with Gasteiger partial charge in [-0.2, -0.15) is 0 Å². The maximum absolute atomic E-state index is 13.9. The lowest BCUT2D eigenvalue weighted by Gasteiger charge is -2.31. The largest absolute Gasteiger partial charge is 0.392 e. The van der Waals surface area contributed by atoms with Crippen LogP contribution in [0.3, 0.4) is 0 Å². The first kappa shape index (κ1) is 29.4. The molecule has 3 atom stereocenters. The minimum atomic E-state index is -1.18. The second-order valence-electron chi connectivity index (χ2n) is 10.3. The van der Waals surface area contributed by atoms with Crippen LogP contribution in [-0.4, -0.2) is 53.3 Å². The zero-order valence-corrected chi connectivity index (χ0v) is 22.4. The molecule has 0 radical (unpaired) electrons. The van der Waals surface area contributed by atoms with E-state index in [1.807, 2.05) is 20.8 Å². The van der Waals surface area contributed by atoms with Gasteiger partial charge in [0.25, 0.3) is 5.91 Å². The van der Waals surface area contributed by atoms with Crippen molar-refractivity contribution in [2.24, 2.45) is 11.8 Å². The monoisotopic (exact) mass is 528 g/mol. The number of nitrogens with one attached hydrogen (secondary N) is 1. The number of hydrogen-bond acceptors (Lipinski definition) is 4. The van der Waals surface area contributed by atoms with Crippen LogP contribution < -0.4 is 5.32 Å². The summed E-state index contributed by atoms with van der Waals surface area (Å²) in [6, 6.07) is 8.14. The van der Waals surface area contributed by atoms with Crippen LogP contribution in [0, 0.1) is 30.4 Å². The molecule has 0 aliphatic carbocycles. The van der Waals surface area contributed by atoms with Crippen LogP contribution in [-0.2, 0) is 11.2 Å². The average Bonchev–Trinajstić information content (AvgIpc) is 2.86. The molecule has 1 heterocycles. The van der Waals surface area contributed by atoms with E-state index in [-0.39, 0.29) is 30.4 Å². The summed E-state index contributed by atoms with van der Waals surface area (Å²) in [6.07, 6.45) is 1.48. The number of hydrogen-bond donors (Lipinski definition) is 2. The summed E-state index contributed by atoms with van der Waals surface area (Å²) >= 11 is 0. The summed E-state index contributed by atoms with van der Waals surface area (Å²) in [5, 5.41) is 14.0. The van der Waals surface area contributed by atoms with Crippen molar-refractivity contribution in [2.75, 3.05) is 19.6 Å². The Morgan fingerprint density at radius 2 is 1.66 bits per heavy atom. The van der Waals surface area contributed by atoms with Crippen molar-refractivity contribution in [2.45, 2.75) is 65.4 Å². The predicted octanol–water partition coefficient (Wildman–Crippen LogP) is 4.85. The van der Waals surface area contributed by atoms with Crippen molar-refractivity contribution in [3.05, 3.63) is 70.3 Å². The van der Waals surface area contributed by atoms with E-state index in [1.165, 1.54) is 12.1 Å². The lowest BCUT2D eigenvalue weighted by molar-refractivity contribution is -0.132. The van der Waals surface area contributed by atoms with Gasteiger partial charge in [0.05, 0.1) is 12.0 Å². The van der Waals surface area contributed by atoms with Crippen molar-refractivity contribution in [1.82, 2.24) is 10.2 Å². The molecule has 3 rings (SSSR count). The van der Waals surface area contributed by atoms with Gasteiger partial charge in [-0.15, -0.1) is 0 Å². The molecule has 2 amide bonds. The predicted molar refractivity (Wildman–Crippen MR) is 142 cm³/mol. The Labute approximate surface area is 223 Å². The molecule has 2 aromatic carbocycles. The van der Waals surface area contributed by atoms with Gasteiger partial charge in [0.15, 0.2) is 5.78 Å². The Morgan fingerprint density at radius 3 is 2.26 bits per heavy atom. The molecule has 2 aromatic rings. The number of benzene rings is 2. The fraction of sp³-hybridized carbons (Fsp3) is 0.500. The summed E-state index contributed by atoms with van der Waals surface area (Å²) in [6.45, 7) is 7.57. The standard InChI is InChI=1S/C30H38F2N2O4/c1-4-9-34(10-5-2)30(38)23-12-19(3)11-21(16-23)27(35)17-22(13-20-14-24(31)18-25(32)15-20)28(36)26-7-6-8-33-29(26)37/h11-12,14-16,18,22,26,28,36H,4-10,13,17H2,1-3H3,(H,33,37)/t22-,26+,28+/m1/s1. The van der Waals surface area contributed by atoms with Gasteiger partial charge in [0.2, 0.25) is 5.91 Å². The third-order valence-corrected chi connectivity index (χ3v) is 7.01. The number of nitrogens with zero attached hydrogens (tertiary/aromatic N) is 1. The summed E-state index contributed by atoms with van der Waals surface area (Å²) in [5.74, 6) is -3.71. The lowest BCUT2D eigenvalue weighted by atomic mass is 9.79. The highest BCUT2D eigenvalue weighted by molar-refractivity contribution is 6.01. The van der Waals surface area contributed by atoms with Crippen LogP contribution >= 0.6 is 0 Å². The number of halogens is 2. The van der Waals surface area contributed by atoms with Crippen LogP contribution in [0.1, 0.15) is 77.8 Å². The molecule has 38 heavy (non-hydrogen) atoms. The van der Waals surface area contributed by atoms with Crippen LogP contribution in [0.4, 0.5) is 8.78 Å². The molecule has 0 unspecified atom stereocenters. The molecule has 0 bridgehead atoms. The van der Waals surface area contributed by atoms with Crippen molar-refractivity contribution >= 4 is 17.6 Å². The number of aliphatic hydroxyl groups is 1. The molecule has 1 saturated heterocycles. The zero-order chi connectivity index (χ0) is 27.8. The van der Waals surface area contributed by atoms with E-state index in [0.717, 1.165) is 24.5 Å². The summed E-state index contributed by atoms with van der Waals surface area (Å²) < 4.78 is 27.8. The van der Waals surface area contributed by atoms with E-state index in [9.17, 15) is 28.3 Å². The number of rotatable bonds is 12. The van der Waals surface area contributed by atoms with Gasteiger partial charge in [0.1, 0.15) is 11.6 Å². The molecule has 1 aliphatic rings. The molecule has 0 aromatic heterocycles. The Hall–Kier alpha value is -3.13. The van der Waals surface area contributed by atoms with Gasteiger partial charge >= 0.3 is 0 Å². The fourth-order valence-corrected chi connectivity index (χ4v) is 5.26. The number of carbonyl (C=O) groups excluding carboxylic acids is 3. The van der Waals surface area contributed by atoms with E-state index >= 15 is 0 Å². The van der Waals surface area contributed by atoms with Crippen LogP contribution in [0.15, 0.2) is 36.4 Å². The van der Waals surface area contributed by atoms with Crippen molar-refractivity contribution in [1.29, 1.82) is 0 Å². The van der Waals surface area contributed by atoms with Gasteiger partial charge in [-0.25, -0.2) is 8.78 Å². The summed E-state index contributed by atoms with van der Waals surface area (Å²) in [7, 11) is 0. The first-order chi connectivity index (χ1) is 18.1. The average molecular weight is 529 g/mol. The normalized spacial score (nSPS) is 17.0. The smallest absolute Gasteiger partial charge is 0.253 e. The second kappa shape index (κ2) is 13.6. The molecule has 0 saturated carbocycles. The van der Waals surface area contributed by atoms with E-state index in [1.54, 1.807) is 23.1 Å². The molecule has 206 valence electrons. The number of carbonyl (C=O) groups is 3. The van der Waals surface area contributed by atoms with Crippen LogP contribution in [0.2, 0.25) is 0 Å². The highest BCUT2D eigenvalue weighted by Crippen LogP contribution is 2.28. The quantitative estimate of drug-likeness (QED) is 0.386. The van der Waals surface area contributed by atoms with Gasteiger partial charge in [-0.1, -0.05) is 13.8 Å². The Morgan fingerprint density at radius 1 is 1.03 bits per heavy atom. The van der Waals surface area contributed by atoms with E-state index in [4.69, 9.17) is 0 Å². The third-order valence-electron chi connectivity index (χ3n) is 7.01.